The second kappa shape index (κ2) is 10.4. The maximum Gasteiger partial charge on any atom is 0.191 e. The average Bonchev–Trinajstić information content (AvgIpc) is 3.40. The Bertz CT molecular complexity index is 1020. The fourth-order valence-corrected chi connectivity index (χ4v) is 4.28. The van der Waals surface area contributed by atoms with E-state index >= 15 is 0 Å². The van der Waals surface area contributed by atoms with Gasteiger partial charge < -0.3 is 10.6 Å². The number of likely N-dealkylation sites (tertiary alicyclic amines) is 1. The Morgan fingerprint density at radius 1 is 1.09 bits per heavy atom. The second-order valence-corrected chi connectivity index (χ2v) is 8.42. The summed E-state index contributed by atoms with van der Waals surface area (Å²) in [6, 6.07) is 17.4. The van der Waals surface area contributed by atoms with Gasteiger partial charge in [-0.2, -0.15) is 5.10 Å². The van der Waals surface area contributed by atoms with Gasteiger partial charge in [0.15, 0.2) is 11.8 Å². The molecule has 1 aliphatic rings. The zero-order chi connectivity index (χ0) is 22.3. The molecular weight excluding hydrogens is 398 g/mol. The molecule has 1 fully saturated rings. The van der Waals surface area contributed by atoms with Gasteiger partial charge in [0.25, 0.3) is 0 Å². The molecule has 0 bridgehead atoms. The van der Waals surface area contributed by atoms with Gasteiger partial charge in [-0.15, -0.1) is 0 Å². The molecule has 1 atom stereocenters. The van der Waals surface area contributed by atoms with Crippen molar-refractivity contribution < 1.29 is 0 Å². The van der Waals surface area contributed by atoms with Crippen LogP contribution in [-0.2, 0) is 13.1 Å². The second-order valence-electron chi connectivity index (χ2n) is 8.42. The van der Waals surface area contributed by atoms with Crippen LogP contribution in [0.5, 0.6) is 0 Å². The highest BCUT2D eigenvalue weighted by Gasteiger charge is 2.24. The van der Waals surface area contributed by atoms with Crippen LogP contribution in [0.2, 0.25) is 0 Å². The summed E-state index contributed by atoms with van der Waals surface area (Å²) in [5.74, 6) is 1.65. The van der Waals surface area contributed by atoms with E-state index in [2.05, 4.69) is 73.1 Å². The molecule has 1 aromatic carbocycles. The number of nitrogens with zero attached hydrogens (tertiary/aromatic N) is 5. The van der Waals surface area contributed by atoms with Gasteiger partial charge in [-0.25, -0.2) is 9.67 Å². The third-order valence-corrected chi connectivity index (χ3v) is 5.95. The topological polar surface area (TPSA) is 70.4 Å². The van der Waals surface area contributed by atoms with E-state index in [1.54, 1.807) is 0 Å². The van der Waals surface area contributed by atoms with Crippen LogP contribution in [0.1, 0.15) is 35.4 Å². The van der Waals surface area contributed by atoms with Crippen LogP contribution in [0.4, 0.5) is 0 Å². The first kappa shape index (κ1) is 22.0. The van der Waals surface area contributed by atoms with Crippen LogP contribution < -0.4 is 10.6 Å². The number of rotatable bonds is 7. The number of guanidine groups is 1. The normalized spacial score (nSPS) is 17.0. The smallest absolute Gasteiger partial charge is 0.191 e. The highest BCUT2D eigenvalue weighted by Crippen LogP contribution is 2.19. The molecule has 0 saturated carbocycles. The molecule has 1 saturated heterocycles. The van der Waals surface area contributed by atoms with Crippen LogP contribution in [0.25, 0.3) is 5.82 Å². The SMILES string of the molecule is CN=C(NCc1ccc(-n2nc(C)cc2C)nc1)NCC1CCCN1Cc1ccccc1. The van der Waals surface area contributed by atoms with Gasteiger partial charge in [-0.3, -0.25) is 9.89 Å². The number of aliphatic imine (C=N–C) groups is 1. The average molecular weight is 432 g/mol. The van der Waals surface area contributed by atoms with Crippen molar-refractivity contribution in [3.8, 4) is 5.82 Å². The lowest BCUT2D eigenvalue weighted by atomic mass is 10.2. The molecule has 168 valence electrons. The lowest BCUT2D eigenvalue weighted by Crippen LogP contribution is -2.44. The minimum absolute atomic E-state index is 0.524. The lowest BCUT2D eigenvalue weighted by Gasteiger charge is -2.25. The van der Waals surface area contributed by atoms with Crippen molar-refractivity contribution in [2.24, 2.45) is 4.99 Å². The molecule has 1 unspecified atom stereocenters. The van der Waals surface area contributed by atoms with Crippen molar-refractivity contribution in [2.45, 2.75) is 45.8 Å². The summed E-state index contributed by atoms with van der Waals surface area (Å²) in [5, 5.41) is 11.4. The van der Waals surface area contributed by atoms with Crippen LogP contribution >= 0.6 is 0 Å². The minimum atomic E-state index is 0.524. The van der Waals surface area contributed by atoms with E-state index in [9.17, 15) is 0 Å². The first-order valence-corrected chi connectivity index (χ1v) is 11.3. The summed E-state index contributed by atoms with van der Waals surface area (Å²) in [6.45, 7) is 7.75. The van der Waals surface area contributed by atoms with Gasteiger partial charge in [-0.05, 0) is 56.5 Å². The van der Waals surface area contributed by atoms with Gasteiger partial charge >= 0.3 is 0 Å². The number of benzene rings is 1. The van der Waals surface area contributed by atoms with Crippen molar-refractivity contribution in [3.63, 3.8) is 0 Å². The summed E-state index contributed by atoms with van der Waals surface area (Å²) < 4.78 is 1.87. The molecule has 32 heavy (non-hydrogen) atoms. The van der Waals surface area contributed by atoms with Crippen LogP contribution in [0.15, 0.2) is 59.7 Å². The summed E-state index contributed by atoms with van der Waals surface area (Å²) in [4.78, 5) is 11.5. The maximum absolute atomic E-state index is 4.58. The lowest BCUT2D eigenvalue weighted by molar-refractivity contribution is 0.245. The van der Waals surface area contributed by atoms with E-state index in [1.165, 1.54) is 18.4 Å². The number of nitrogens with one attached hydrogen (secondary N) is 2. The molecule has 0 spiro atoms. The molecule has 4 rings (SSSR count). The number of aryl methyl sites for hydroxylation is 2. The Kier molecular flexibility index (Phi) is 7.17. The van der Waals surface area contributed by atoms with Crippen LogP contribution in [-0.4, -0.2) is 51.8 Å². The third-order valence-electron chi connectivity index (χ3n) is 5.95. The summed E-state index contributed by atoms with van der Waals surface area (Å²) in [7, 11) is 1.82. The Balaban J connectivity index is 1.27. The molecule has 0 radical (unpaired) electrons. The number of hydrogen-bond acceptors (Lipinski definition) is 4. The molecule has 0 amide bonds. The Morgan fingerprint density at radius 2 is 1.94 bits per heavy atom. The predicted molar refractivity (Wildman–Crippen MR) is 129 cm³/mol. The molecule has 7 heteroatoms. The van der Waals surface area contributed by atoms with E-state index < -0.39 is 0 Å². The summed E-state index contributed by atoms with van der Waals surface area (Å²) >= 11 is 0. The first-order chi connectivity index (χ1) is 15.6. The van der Waals surface area contributed by atoms with E-state index in [0.717, 1.165) is 48.4 Å². The molecule has 1 aliphatic heterocycles. The standard InChI is InChI=1S/C25H33N7/c1-19-14-20(2)32(30-19)24-12-11-22(15-27-24)16-28-25(26-3)29-17-23-10-7-13-31(23)18-21-8-5-4-6-9-21/h4-6,8-9,11-12,14-15,23H,7,10,13,16-18H2,1-3H3,(H2,26,28,29). The first-order valence-electron chi connectivity index (χ1n) is 11.3. The third kappa shape index (κ3) is 5.53. The number of aromatic nitrogens is 3. The maximum atomic E-state index is 4.58. The molecule has 7 nitrogen and oxygen atoms in total. The Labute approximate surface area is 190 Å². The van der Waals surface area contributed by atoms with E-state index in [0.29, 0.717) is 12.6 Å². The molecule has 2 aromatic heterocycles. The number of pyridine rings is 1. The van der Waals surface area contributed by atoms with E-state index in [1.807, 2.05) is 37.8 Å². The predicted octanol–water partition coefficient (Wildman–Crippen LogP) is 3.21. The molecule has 0 aliphatic carbocycles. The van der Waals surface area contributed by atoms with Crippen molar-refractivity contribution in [3.05, 3.63) is 77.2 Å². The van der Waals surface area contributed by atoms with Crippen molar-refractivity contribution >= 4 is 5.96 Å². The number of hydrogen-bond donors (Lipinski definition) is 2. The van der Waals surface area contributed by atoms with Gasteiger partial charge in [0, 0.05) is 44.6 Å². The molecule has 3 heterocycles. The van der Waals surface area contributed by atoms with Crippen molar-refractivity contribution in [1.29, 1.82) is 0 Å². The van der Waals surface area contributed by atoms with Crippen molar-refractivity contribution in [2.75, 3.05) is 20.1 Å². The zero-order valence-corrected chi connectivity index (χ0v) is 19.3. The monoisotopic (exact) mass is 431 g/mol. The highest BCUT2D eigenvalue weighted by molar-refractivity contribution is 5.79. The Hall–Kier alpha value is -3.19. The highest BCUT2D eigenvalue weighted by atomic mass is 15.3. The van der Waals surface area contributed by atoms with Gasteiger partial charge in [0.1, 0.15) is 0 Å². The minimum Gasteiger partial charge on any atom is -0.355 e. The summed E-state index contributed by atoms with van der Waals surface area (Å²) in [6.07, 6.45) is 4.36. The van der Waals surface area contributed by atoms with Gasteiger partial charge in [-0.1, -0.05) is 36.4 Å². The quantitative estimate of drug-likeness (QED) is 0.444. The van der Waals surface area contributed by atoms with Gasteiger partial charge in [0.2, 0.25) is 0 Å². The fraction of sp³-hybridized carbons (Fsp3) is 0.400. The Morgan fingerprint density at radius 3 is 2.62 bits per heavy atom. The van der Waals surface area contributed by atoms with E-state index in [-0.39, 0.29) is 0 Å². The van der Waals surface area contributed by atoms with E-state index in [4.69, 9.17) is 0 Å². The summed E-state index contributed by atoms with van der Waals surface area (Å²) in [5.41, 5.74) is 4.55. The largest absolute Gasteiger partial charge is 0.355 e. The van der Waals surface area contributed by atoms with Gasteiger partial charge in [0.05, 0.1) is 5.69 Å². The van der Waals surface area contributed by atoms with Crippen LogP contribution in [0, 0.1) is 13.8 Å². The fourth-order valence-electron chi connectivity index (χ4n) is 4.28. The molecule has 3 aromatic rings. The molecular formula is C25H33N7. The molecule has 2 N–H and O–H groups in total. The van der Waals surface area contributed by atoms with Crippen molar-refractivity contribution in [1.82, 2.24) is 30.3 Å². The van der Waals surface area contributed by atoms with Crippen LogP contribution in [0.3, 0.4) is 0 Å². The zero-order valence-electron chi connectivity index (χ0n) is 19.3.